The number of benzene rings is 2. The molecule has 0 fully saturated rings. The van der Waals surface area contributed by atoms with Crippen LogP contribution in [0.15, 0.2) is 30.3 Å². The predicted octanol–water partition coefficient (Wildman–Crippen LogP) is 4.73. The standard InChI is InChI=1S/C18H14Cl4N2O3/c19-8-4-13(22)17-10(6-15(18(26)27)24(23)14(17)5-8)16(25)7-9-11(20)2-1-3-12(9)21/h1-5,10,15H,6-7,23H2,(H,26,27)/t10-,15-/m1/s1. The molecular weight excluding hydrogens is 434 g/mol. The monoisotopic (exact) mass is 446 g/mol. The van der Waals surface area contributed by atoms with E-state index in [4.69, 9.17) is 52.2 Å². The smallest absolute Gasteiger partial charge is 0.327 e. The zero-order valence-electron chi connectivity index (χ0n) is 13.8. The van der Waals surface area contributed by atoms with E-state index in [1.807, 2.05) is 0 Å². The van der Waals surface area contributed by atoms with E-state index in [-0.39, 0.29) is 23.6 Å². The zero-order chi connectivity index (χ0) is 19.9. The van der Waals surface area contributed by atoms with Gasteiger partial charge < -0.3 is 5.11 Å². The molecule has 2 aromatic rings. The fourth-order valence-corrected chi connectivity index (χ4v) is 4.41. The number of fused-ring (bicyclic) bond motifs is 1. The Hall–Kier alpha value is -1.50. The number of carboxylic acid groups (broad SMARTS) is 1. The molecule has 0 radical (unpaired) electrons. The lowest BCUT2D eigenvalue weighted by Crippen LogP contribution is -2.51. The lowest BCUT2D eigenvalue weighted by atomic mass is 9.81. The summed E-state index contributed by atoms with van der Waals surface area (Å²) >= 11 is 24.7. The van der Waals surface area contributed by atoms with E-state index in [0.29, 0.717) is 31.9 Å². The molecule has 9 heteroatoms. The maximum atomic E-state index is 13.1. The highest BCUT2D eigenvalue weighted by molar-refractivity contribution is 6.37. The van der Waals surface area contributed by atoms with E-state index >= 15 is 0 Å². The van der Waals surface area contributed by atoms with Crippen molar-refractivity contribution in [3.05, 3.63) is 61.5 Å². The first kappa shape index (κ1) is 20.2. The lowest BCUT2D eigenvalue weighted by molar-refractivity contribution is -0.139. The van der Waals surface area contributed by atoms with Gasteiger partial charge in [-0.1, -0.05) is 52.5 Å². The Morgan fingerprint density at radius 2 is 1.74 bits per heavy atom. The molecule has 3 rings (SSSR count). The van der Waals surface area contributed by atoms with Gasteiger partial charge in [0.15, 0.2) is 0 Å². The molecule has 27 heavy (non-hydrogen) atoms. The zero-order valence-corrected chi connectivity index (χ0v) is 16.8. The van der Waals surface area contributed by atoms with Gasteiger partial charge in [-0.15, -0.1) is 0 Å². The molecule has 2 aromatic carbocycles. The molecular formula is C18H14Cl4N2O3. The topological polar surface area (TPSA) is 83.6 Å². The maximum Gasteiger partial charge on any atom is 0.327 e. The molecule has 1 heterocycles. The summed E-state index contributed by atoms with van der Waals surface area (Å²) in [5.41, 5.74) is 1.25. The van der Waals surface area contributed by atoms with Crippen LogP contribution in [0.1, 0.15) is 23.5 Å². The van der Waals surface area contributed by atoms with Crippen LogP contribution in [0.3, 0.4) is 0 Å². The summed E-state index contributed by atoms with van der Waals surface area (Å²) in [6.45, 7) is 0. The van der Waals surface area contributed by atoms with Crippen LogP contribution in [0.2, 0.25) is 20.1 Å². The second-order valence-corrected chi connectivity index (χ2v) is 7.87. The molecule has 0 spiro atoms. The van der Waals surface area contributed by atoms with Crippen LogP contribution in [0.25, 0.3) is 0 Å². The van der Waals surface area contributed by atoms with Crippen molar-refractivity contribution in [3.63, 3.8) is 0 Å². The Morgan fingerprint density at radius 1 is 1.11 bits per heavy atom. The van der Waals surface area contributed by atoms with Crippen molar-refractivity contribution >= 4 is 63.8 Å². The summed E-state index contributed by atoms with van der Waals surface area (Å²) in [4.78, 5) is 24.7. The average Bonchev–Trinajstić information content (AvgIpc) is 2.58. The number of hydrazine groups is 1. The van der Waals surface area contributed by atoms with Gasteiger partial charge in [-0.2, -0.15) is 0 Å². The van der Waals surface area contributed by atoms with E-state index in [9.17, 15) is 14.7 Å². The van der Waals surface area contributed by atoms with Crippen molar-refractivity contribution in [1.82, 2.24) is 0 Å². The number of rotatable bonds is 4. The number of carboxylic acids is 1. The van der Waals surface area contributed by atoms with Crippen molar-refractivity contribution in [1.29, 1.82) is 0 Å². The molecule has 3 N–H and O–H groups in total. The van der Waals surface area contributed by atoms with Gasteiger partial charge in [0, 0.05) is 38.0 Å². The summed E-state index contributed by atoms with van der Waals surface area (Å²) in [6, 6.07) is 6.86. The third kappa shape index (κ3) is 3.89. The number of nitrogens with two attached hydrogens (primary N) is 1. The largest absolute Gasteiger partial charge is 0.480 e. The quantitative estimate of drug-likeness (QED) is 0.661. The second kappa shape index (κ2) is 7.86. The average molecular weight is 448 g/mol. The Balaban J connectivity index is 2.05. The van der Waals surface area contributed by atoms with Crippen LogP contribution in [-0.4, -0.2) is 22.9 Å². The summed E-state index contributed by atoms with van der Waals surface area (Å²) in [5.74, 6) is 3.79. The van der Waals surface area contributed by atoms with Crippen LogP contribution in [0.5, 0.6) is 0 Å². The van der Waals surface area contributed by atoms with E-state index in [2.05, 4.69) is 0 Å². The van der Waals surface area contributed by atoms with Crippen molar-refractivity contribution in [3.8, 4) is 0 Å². The third-order valence-corrected chi connectivity index (χ3v) is 5.82. The number of anilines is 1. The number of hydrogen-bond donors (Lipinski definition) is 2. The highest BCUT2D eigenvalue weighted by atomic mass is 35.5. The first-order valence-corrected chi connectivity index (χ1v) is 9.43. The van der Waals surface area contributed by atoms with Crippen molar-refractivity contribution < 1.29 is 14.7 Å². The Kier molecular flexibility index (Phi) is 5.89. The SMILES string of the molecule is NN1c2cc(Cl)cc(Cl)c2[C@@H](C(=O)Cc2c(Cl)cccc2Cl)C[C@@H]1C(=O)O. The van der Waals surface area contributed by atoms with Crippen molar-refractivity contribution in [2.45, 2.75) is 24.8 Å². The number of carbonyl (C=O) groups excluding carboxylic acids is 1. The molecule has 5 nitrogen and oxygen atoms in total. The number of halogens is 4. The van der Waals surface area contributed by atoms with Crippen LogP contribution in [-0.2, 0) is 16.0 Å². The molecule has 1 aliphatic heterocycles. The molecule has 0 saturated heterocycles. The van der Waals surface area contributed by atoms with E-state index < -0.39 is 17.9 Å². The first-order valence-electron chi connectivity index (χ1n) is 7.92. The normalized spacial score (nSPS) is 18.9. The molecule has 1 aliphatic rings. The summed E-state index contributed by atoms with van der Waals surface area (Å²) in [5, 5.41) is 11.9. The Labute approximate surface area is 175 Å². The number of carbonyl (C=O) groups is 2. The highest BCUT2D eigenvalue weighted by Crippen LogP contribution is 2.44. The van der Waals surface area contributed by atoms with Gasteiger partial charge >= 0.3 is 5.97 Å². The van der Waals surface area contributed by atoms with E-state index in [0.717, 1.165) is 5.01 Å². The number of ketones is 1. The molecule has 0 aliphatic carbocycles. The molecule has 0 saturated carbocycles. The van der Waals surface area contributed by atoms with Gasteiger partial charge in [-0.05, 0) is 36.2 Å². The highest BCUT2D eigenvalue weighted by Gasteiger charge is 2.40. The first-order chi connectivity index (χ1) is 12.7. The summed E-state index contributed by atoms with van der Waals surface area (Å²) in [7, 11) is 0. The molecule has 0 bridgehead atoms. The van der Waals surface area contributed by atoms with Gasteiger partial charge in [0.05, 0.1) is 5.69 Å². The molecule has 2 atom stereocenters. The van der Waals surface area contributed by atoms with Crippen LogP contribution in [0, 0.1) is 0 Å². The van der Waals surface area contributed by atoms with Crippen LogP contribution < -0.4 is 10.9 Å². The Morgan fingerprint density at radius 3 is 2.33 bits per heavy atom. The molecule has 142 valence electrons. The van der Waals surface area contributed by atoms with Crippen LogP contribution in [0.4, 0.5) is 5.69 Å². The molecule has 0 unspecified atom stereocenters. The van der Waals surface area contributed by atoms with E-state index in [1.165, 1.54) is 12.1 Å². The molecule has 0 aromatic heterocycles. The number of aliphatic carboxylic acids is 1. The number of Topliss-reactive ketones (excluding diaryl/α,β-unsaturated/α-hetero) is 1. The lowest BCUT2D eigenvalue weighted by Gasteiger charge is -2.37. The number of hydrogen-bond acceptors (Lipinski definition) is 4. The molecule has 0 amide bonds. The fourth-order valence-electron chi connectivity index (χ4n) is 3.26. The second-order valence-electron chi connectivity index (χ2n) is 6.21. The third-order valence-electron chi connectivity index (χ3n) is 4.58. The van der Waals surface area contributed by atoms with Gasteiger partial charge in [0.1, 0.15) is 11.8 Å². The van der Waals surface area contributed by atoms with E-state index in [1.54, 1.807) is 18.2 Å². The minimum absolute atomic E-state index is 0.0267. The minimum atomic E-state index is -1.15. The van der Waals surface area contributed by atoms with Gasteiger partial charge in [-0.25, -0.2) is 10.6 Å². The minimum Gasteiger partial charge on any atom is -0.480 e. The summed E-state index contributed by atoms with van der Waals surface area (Å²) < 4.78 is 0. The number of nitrogens with zero attached hydrogens (tertiary/aromatic N) is 1. The van der Waals surface area contributed by atoms with Gasteiger partial charge in [0.2, 0.25) is 0 Å². The predicted molar refractivity (Wildman–Crippen MR) is 107 cm³/mol. The Bertz CT molecular complexity index is 915. The van der Waals surface area contributed by atoms with Gasteiger partial charge in [-0.3, -0.25) is 9.80 Å². The van der Waals surface area contributed by atoms with Crippen molar-refractivity contribution in [2.75, 3.05) is 5.01 Å². The summed E-state index contributed by atoms with van der Waals surface area (Å²) in [6.07, 6.45) is -0.0838. The maximum absolute atomic E-state index is 13.1. The van der Waals surface area contributed by atoms with Crippen molar-refractivity contribution in [2.24, 2.45) is 5.84 Å². The van der Waals surface area contributed by atoms with Gasteiger partial charge in [0.25, 0.3) is 0 Å². The fraction of sp³-hybridized carbons (Fsp3) is 0.222. The van der Waals surface area contributed by atoms with Crippen LogP contribution >= 0.6 is 46.4 Å².